The van der Waals surface area contributed by atoms with Gasteiger partial charge in [-0.15, -0.1) is 0 Å². The van der Waals surface area contributed by atoms with E-state index in [2.05, 4.69) is 0 Å². The maximum absolute atomic E-state index is 12.5. The average molecular weight is 250 g/mol. The molecule has 0 heterocycles. The van der Waals surface area contributed by atoms with Crippen LogP contribution in [0.15, 0.2) is 12.1 Å². The fraction of sp³-hybridized carbons (Fsp3) is 0.533. The third-order valence-electron chi connectivity index (χ3n) is 2.94. The van der Waals surface area contributed by atoms with Gasteiger partial charge in [0.15, 0.2) is 5.78 Å². The minimum absolute atomic E-state index is 0.00806. The second-order valence-electron chi connectivity index (χ2n) is 4.38. The average Bonchev–Trinajstić information content (AvgIpc) is 2.34. The van der Waals surface area contributed by atoms with Crippen LogP contribution in [0.4, 0.5) is 0 Å². The van der Waals surface area contributed by atoms with E-state index < -0.39 is 0 Å². The predicted molar refractivity (Wildman–Crippen MR) is 72.5 cm³/mol. The quantitative estimate of drug-likeness (QED) is 0.727. The molecule has 0 amide bonds. The first-order chi connectivity index (χ1) is 8.54. The maximum Gasteiger partial charge on any atom is 0.195 e. The number of ether oxygens (including phenoxy) is 2. The Morgan fingerprint density at radius 2 is 1.94 bits per heavy atom. The zero-order valence-corrected chi connectivity index (χ0v) is 11.9. The van der Waals surface area contributed by atoms with E-state index in [0.29, 0.717) is 24.3 Å². The molecule has 0 radical (unpaired) electrons. The second kappa shape index (κ2) is 6.55. The minimum atomic E-state index is -0.384. The van der Waals surface area contributed by atoms with Crippen LogP contribution in [0.1, 0.15) is 41.8 Å². The summed E-state index contributed by atoms with van der Waals surface area (Å²) in [6.07, 6.45) is 0.286. The Morgan fingerprint density at radius 1 is 1.28 bits per heavy atom. The lowest BCUT2D eigenvalue weighted by atomic mass is 9.97. The van der Waals surface area contributed by atoms with Crippen molar-refractivity contribution in [3.8, 4) is 5.75 Å². The molecular weight excluding hydrogens is 228 g/mol. The van der Waals surface area contributed by atoms with Crippen molar-refractivity contribution in [2.45, 2.75) is 40.2 Å². The number of methoxy groups -OCH3 is 1. The Bertz CT molecular complexity index is 424. The largest absolute Gasteiger partial charge is 0.496 e. The van der Waals surface area contributed by atoms with Crippen LogP contribution in [0.3, 0.4) is 0 Å². The third-order valence-corrected chi connectivity index (χ3v) is 2.94. The van der Waals surface area contributed by atoms with Crippen LogP contribution in [0.2, 0.25) is 0 Å². The summed E-state index contributed by atoms with van der Waals surface area (Å²) in [4.78, 5) is 12.5. The van der Waals surface area contributed by atoms with Crippen LogP contribution in [0, 0.1) is 13.8 Å². The van der Waals surface area contributed by atoms with Crippen molar-refractivity contribution < 1.29 is 14.3 Å². The van der Waals surface area contributed by atoms with Gasteiger partial charge in [-0.3, -0.25) is 4.79 Å². The number of hydrogen-bond acceptors (Lipinski definition) is 3. The predicted octanol–water partition coefficient (Wildman–Crippen LogP) is 3.31. The van der Waals surface area contributed by atoms with Gasteiger partial charge in [0.2, 0.25) is 0 Å². The van der Waals surface area contributed by atoms with Crippen molar-refractivity contribution in [1.82, 2.24) is 0 Å². The van der Waals surface area contributed by atoms with E-state index in [-0.39, 0.29) is 11.9 Å². The Kier molecular flexibility index (Phi) is 5.35. The van der Waals surface area contributed by atoms with Crippen molar-refractivity contribution in [1.29, 1.82) is 0 Å². The number of benzene rings is 1. The molecule has 0 saturated carbocycles. The summed E-state index contributed by atoms with van der Waals surface area (Å²) in [7, 11) is 1.59. The van der Waals surface area contributed by atoms with Crippen LogP contribution in [0.25, 0.3) is 0 Å². The van der Waals surface area contributed by atoms with Crippen LogP contribution < -0.4 is 4.74 Å². The van der Waals surface area contributed by atoms with Gasteiger partial charge in [0.05, 0.1) is 12.7 Å². The van der Waals surface area contributed by atoms with Crippen molar-refractivity contribution in [3.05, 3.63) is 28.8 Å². The lowest BCUT2D eigenvalue weighted by Gasteiger charge is -2.18. The Hall–Kier alpha value is -1.35. The van der Waals surface area contributed by atoms with Gasteiger partial charge in [0.25, 0.3) is 0 Å². The summed E-state index contributed by atoms with van der Waals surface area (Å²) in [6.45, 7) is 8.31. The molecule has 1 aromatic rings. The zero-order valence-electron chi connectivity index (χ0n) is 11.9. The van der Waals surface area contributed by atoms with E-state index in [9.17, 15) is 4.79 Å². The van der Waals surface area contributed by atoms with E-state index in [1.165, 1.54) is 0 Å². The summed E-state index contributed by atoms with van der Waals surface area (Å²) in [5, 5.41) is 0. The molecule has 0 saturated heterocycles. The normalized spacial score (nSPS) is 12.3. The highest BCUT2D eigenvalue weighted by molar-refractivity contribution is 6.03. The molecule has 100 valence electrons. The molecule has 3 nitrogen and oxygen atoms in total. The monoisotopic (exact) mass is 250 g/mol. The molecule has 0 bridgehead atoms. The number of rotatable bonds is 6. The Balaban J connectivity index is 3.18. The molecule has 18 heavy (non-hydrogen) atoms. The van der Waals surface area contributed by atoms with E-state index in [0.717, 1.165) is 11.1 Å². The van der Waals surface area contributed by atoms with E-state index in [1.54, 1.807) is 7.11 Å². The van der Waals surface area contributed by atoms with Crippen LogP contribution >= 0.6 is 0 Å². The molecule has 1 rings (SSSR count). The number of carbonyl (C=O) groups is 1. The molecule has 0 aliphatic carbocycles. The Morgan fingerprint density at radius 3 is 2.44 bits per heavy atom. The SMILES string of the molecule is CCOC(CC)C(=O)c1c(C)cc(C)cc1OC. The summed E-state index contributed by atoms with van der Waals surface area (Å²) < 4.78 is 10.8. The number of hydrogen-bond donors (Lipinski definition) is 0. The topological polar surface area (TPSA) is 35.5 Å². The highest BCUT2D eigenvalue weighted by atomic mass is 16.5. The number of ketones is 1. The fourth-order valence-corrected chi connectivity index (χ4v) is 2.15. The van der Waals surface area contributed by atoms with Crippen molar-refractivity contribution >= 4 is 5.78 Å². The van der Waals surface area contributed by atoms with Crippen molar-refractivity contribution in [2.24, 2.45) is 0 Å². The van der Waals surface area contributed by atoms with Crippen LogP contribution in [-0.4, -0.2) is 25.6 Å². The zero-order chi connectivity index (χ0) is 13.7. The maximum atomic E-state index is 12.5. The first-order valence-electron chi connectivity index (χ1n) is 6.36. The third kappa shape index (κ3) is 3.10. The molecule has 1 unspecified atom stereocenters. The molecule has 0 N–H and O–H groups in total. The van der Waals surface area contributed by atoms with Gasteiger partial charge in [-0.2, -0.15) is 0 Å². The molecule has 0 aliphatic rings. The van der Waals surface area contributed by atoms with E-state index in [1.807, 2.05) is 39.8 Å². The standard InChI is InChI=1S/C15H22O3/c1-6-12(18-7-2)15(16)14-11(4)8-10(3)9-13(14)17-5/h8-9,12H,6-7H2,1-5H3. The Labute approximate surface area is 109 Å². The number of carbonyl (C=O) groups excluding carboxylic acids is 1. The summed E-state index contributed by atoms with van der Waals surface area (Å²) in [5.41, 5.74) is 2.67. The molecular formula is C15H22O3. The van der Waals surface area contributed by atoms with E-state index in [4.69, 9.17) is 9.47 Å². The summed E-state index contributed by atoms with van der Waals surface area (Å²) in [6, 6.07) is 3.88. The van der Waals surface area contributed by atoms with Gasteiger partial charge in [-0.05, 0) is 44.4 Å². The van der Waals surface area contributed by atoms with Crippen LogP contribution in [-0.2, 0) is 4.74 Å². The van der Waals surface area contributed by atoms with Gasteiger partial charge < -0.3 is 9.47 Å². The van der Waals surface area contributed by atoms with Crippen LogP contribution in [0.5, 0.6) is 5.75 Å². The molecule has 3 heteroatoms. The van der Waals surface area contributed by atoms with Gasteiger partial charge in [0, 0.05) is 6.61 Å². The second-order valence-corrected chi connectivity index (χ2v) is 4.38. The summed E-state index contributed by atoms with van der Waals surface area (Å²) in [5.74, 6) is 0.643. The lowest BCUT2D eigenvalue weighted by molar-refractivity contribution is 0.0440. The molecule has 0 fully saturated rings. The van der Waals surface area contributed by atoms with Gasteiger partial charge in [-0.25, -0.2) is 0 Å². The van der Waals surface area contributed by atoms with E-state index >= 15 is 0 Å². The highest BCUT2D eigenvalue weighted by Crippen LogP contribution is 2.26. The first kappa shape index (κ1) is 14.7. The number of Topliss-reactive ketones (excluding diaryl/α,β-unsaturated/α-hetero) is 1. The smallest absolute Gasteiger partial charge is 0.195 e. The molecule has 0 spiro atoms. The minimum Gasteiger partial charge on any atom is -0.496 e. The van der Waals surface area contributed by atoms with Gasteiger partial charge in [-0.1, -0.05) is 13.0 Å². The van der Waals surface area contributed by atoms with Gasteiger partial charge in [0.1, 0.15) is 11.9 Å². The molecule has 1 atom stereocenters. The molecule has 1 aromatic carbocycles. The highest BCUT2D eigenvalue weighted by Gasteiger charge is 2.23. The summed E-state index contributed by atoms with van der Waals surface area (Å²) >= 11 is 0. The molecule has 0 aromatic heterocycles. The first-order valence-corrected chi connectivity index (χ1v) is 6.36. The number of aryl methyl sites for hydroxylation is 2. The van der Waals surface area contributed by atoms with Gasteiger partial charge >= 0.3 is 0 Å². The van der Waals surface area contributed by atoms with Crippen molar-refractivity contribution in [3.63, 3.8) is 0 Å². The van der Waals surface area contributed by atoms with Crippen molar-refractivity contribution in [2.75, 3.05) is 13.7 Å². The lowest BCUT2D eigenvalue weighted by Crippen LogP contribution is -2.25. The molecule has 0 aliphatic heterocycles. The fourth-order valence-electron chi connectivity index (χ4n) is 2.15.